The third-order valence-corrected chi connectivity index (χ3v) is 6.03. The minimum atomic E-state index is -2.83. The van der Waals surface area contributed by atoms with Crippen LogP contribution in [0.4, 0.5) is 0 Å². The van der Waals surface area contributed by atoms with E-state index in [4.69, 9.17) is 4.74 Å². The van der Waals surface area contributed by atoms with Crippen LogP contribution in [0.5, 0.6) is 5.75 Å². The lowest BCUT2D eigenvalue weighted by atomic mass is 10.1. The Morgan fingerprint density at radius 2 is 1.96 bits per heavy atom. The second-order valence-corrected chi connectivity index (χ2v) is 8.35. The van der Waals surface area contributed by atoms with Crippen LogP contribution in [0, 0.1) is 0 Å². The molecule has 0 saturated carbocycles. The SMILES string of the molecule is O=S1(=O)CCC[C@H](NCCCOc2ccc3ccccc3c2)C1. The maximum atomic E-state index is 11.6. The zero-order valence-electron chi connectivity index (χ0n) is 13.2. The minimum absolute atomic E-state index is 0.106. The summed E-state index contributed by atoms with van der Waals surface area (Å²) in [6.07, 6.45) is 2.59. The first kappa shape index (κ1) is 16.3. The summed E-state index contributed by atoms with van der Waals surface area (Å²) in [7, 11) is -2.83. The number of ether oxygens (including phenoxy) is 1. The van der Waals surface area contributed by atoms with Gasteiger partial charge in [0.05, 0.1) is 18.1 Å². The average molecular weight is 333 g/mol. The third kappa shape index (κ3) is 4.69. The standard InChI is InChI=1S/C18H23NO3S/c20-23(21)12-3-7-17(14-23)19-10-4-11-22-18-9-8-15-5-1-2-6-16(15)13-18/h1-2,5-6,8-9,13,17,19H,3-4,7,10-12,14H2/t17-/m0/s1. The molecule has 0 spiro atoms. The lowest BCUT2D eigenvalue weighted by Gasteiger charge is -2.23. The summed E-state index contributed by atoms with van der Waals surface area (Å²) in [5.41, 5.74) is 0. The molecule has 5 heteroatoms. The first-order chi connectivity index (χ1) is 11.1. The Balaban J connectivity index is 1.41. The molecule has 1 atom stereocenters. The topological polar surface area (TPSA) is 55.4 Å². The molecule has 0 amide bonds. The Kier molecular flexibility index (Phi) is 5.18. The molecule has 1 heterocycles. The predicted octanol–water partition coefficient (Wildman–Crippen LogP) is 2.78. The van der Waals surface area contributed by atoms with Gasteiger partial charge < -0.3 is 10.1 Å². The van der Waals surface area contributed by atoms with Gasteiger partial charge in [-0.3, -0.25) is 0 Å². The van der Waals surface area contributed by atoms with Crippen LogP contribution in [0.3, 0.4) is 0 Å². The molecule has 2 aromatic rings. The highest BCUT2D eigenvalue weighted by Crippen LogP contribution is 2.20. The molecule has 1 aliphatic heterocycles. The summed E-state index contributed by atoms with van der Waals surface area (Å²) in [4.78, 5) is 0. The van der Waals surface area contributed by atoms with E-state index in [0.717, 1.165) is 31.6 Å². The molecule has 0 radical (unpaired) electrons. The van der Waals surface area contributed by atoms with Crippen LogP contribution in [0.25, 0.3) is 10.8 Å². The van der Waals surface area contributed by atoms with Crippen molar-refractivity contribution in [3.05, 3.63) is 42.5 Å². The molecule has 1 saturated heterocycles. The second-order valence-electron chi connectivity index (χ2n) is 6.12. The number of hydrogen-bond acceptors (Lipinski definition) is 4. The summed E-state index contributed by atoms with van der Waals surface area (Å²) in [5.74, 6) is 1.50. The van der Waals surface area contributed by atoms with E-state index in [-0.39, 0.29) is 11.8 Å². The van der Waals surface area contributed by atoms with Crippen LogP contribution < -0.4 is 10.1 Å². The number of fused-ring (bicyclic) bond motifs is 1. The zero-order chi connectivity index (χ0) is 16.1. The lowest BCUT2D eigenvalue weighted by Crippen LogP contribution is -2.40. The van der Waals surface area contributed by atoms with E-state index in [1.807, 2.05) is 18.2 Å². The van der Waals surface area contributed by atoms with Gasteiger partial charge in [0.25, 0.3) is 0 Å². The molecule has 1 fully saturated rings. The van der Waals surface area contributed by atoms with Gasteiger partial charge in [0.2, 0.25) is 0 Å². The highest BCUT2D eigenvalue weighted by Gasteiger charge is 2.23. The molecule has 2 aromatic carbocycles. The molecule has 1 N–H and O–H groups in total. The van der Waals surface area contributed by atoms with Crippen molar-refractivity contribution < 1.29 is 13.2 Å². The van der Waals surface area contributed by atoms with Crippen molar-refractivity contribution in [3.63, 3.8) is 0 Å². The van der Waals surface area contributed by atoms with Gasteiger partial charge in [-0.15, -0.1) is 0 Å². The van der Waals surface area contributed by atoms with Gasteiger partial charge in [0.15, 0.2) is 9.84 Å². The lowest BCUT2D eigenvalue weighted by molar-refractivity contribution is 0.304. The molecule has 0 aliphatic carbocycles. The molecule has 124 valence electrons. The highest BCUT2D eigenvalue weighted by molar-refractivity contribution is 7.91. The van der Waals surface area contributed by atoms with Crippen molar-refractivity contribution in [2.75, 3.05) is 24.7 Å². The van der Waals surface area contributed by atoms with Gasteiger partial charge in [0, 0.05) is 6.04 Å². The molecular weight excluding hydrogens is 310 g/mol. The van der Waals surface area contributed by atoms with E-state index >= 15 is 0 Å². The van der Waals surface area contributed by atoms with Crippen LogP contribution in [0.2, 0.25) is 0 Å². The van der Waals surface area contributed by atoms with Gasteiger partial charge in [-0.2, -0.15) is 0 Å². The Morgan fingerprint density at radius 1 is 1.13 bits per heavy atom. The predicted molar refractivity (Wildman–Crippen MR) is 93.7 cm³/mol. The van der Waals surface area contributed by atoms with Gasteiger partial charge in [-0.25, -0.2) is 8.42 Å². The van der Waals surface area contributed by atoms with Crippen molar-refractivity contribution in [2.24, 2.45) is 0 Å². The average Bonchev–Trinajstić information content (AvgIpc) is 2.53. The Bertz CT molecular complexity index is 758. The monoisotopic (exact) mass is 333 g/mol. The van der Waals surface area contributed by atoms with E-state index in [1.165, 1.54) is 10.8 Å². The Labute approximate surface area is 137 Å². The van der Waals surface area contributed by atoms with Crippen molar-refractivity contribution in [1.29, 1.82) is 0 Å². The maximum Gasteiger partial charge on any atom is 0.151 e. The fourth-order valence-electron chi connectivity index (χ4n) is 3.01. The Morgan fingerprint density at radius 3 is 2.78 bits per heavy atom. The normalized spacial score (nSPS) is 20.4. The summed E-state index contributed by atoms with van der Waals surface area (Å²) in [6, 6.07) is 14.4. The second kappa shape index (κ2) is 7.32. The molecule has 0 unspecified atom stereocenters. The van der Waals surface area contributed by atoms with Gasteiger partial charge in [0.1, 0.15) is 5.75 Å². The van der Waals surface area contributed by atoms with Gasteiger partial charge in [-0.05, 0) is 48.7 Å². The quantitative estimate of drug-likeness (QED) is 0.826. The van der Waals surface area contributed by atoms with E-state index in [9.17, 15) is 8.42 Å². The van der Waals surface area contributed by atoms with Crippen LogP contribution in [0.15, 0.2) is 42.5 Å². The highest BCUT2D eigenvalue weighted by atomic mass is 32.2. The van der Waals surface area contributed by atoms with E-state index < -0.39 is 9.84 Å². The van der Waals surface area contributed by atoms with E-state index in [2.05, 4.69) is 29.6 Å². The van der Waals surface area contributed by atoms with Crippen LogP contribution in [-0.4, -0.2) is 39.1 Å². The molecular formula is C18H23NO3S. The molecule has 4 nitrogen and oxygen atoms in total. The molecule has 0 bridgehead atoms. The number of rotatable bonds is 6. The number of nitrogens with one attached hydrogen (secondary N) is 1. The third-order valence-electron chi connectivity index (χ3n) is 4.21. The molecule has 1 aliphatic rings. The Hall–Kier alpha value is -1.59. The smallest absolute Gasteiger partial charge is 0.151 e. The fourth-order valence-corrected chi connectivity index (χ4v) is 4.68. The zero-order valence-corrected chi connectivity index (χ0v) is 14.0. The molecule has 3 rings (SSSR count). The summed E-state index contributed by atoms with van der Waals surface area (Å²) >= 11 is 0. The van der Waals surface area contributed by atoms with Gasteiger partial charge >= 0.3 is 0 Å². The van der Waals surface area contributed by atoms with E-state index in [1.54, 1.807) is 0 Å². The maximum absolute atomic E-state index is 11.6. The fraction of sp³-hybridized carbons (Fsp3) is 0.444. The minimum Gasteiger partial charge on any atom is -0.494 e. The molecule has 0 aromatic heterocycles. The number of hydrogen-bond donors (Lipinski definition) is 1. The largest absolute Gasteiger partial charge is 0.494 e. The van der Waals surface area contributed by atoms with Crippen molar-refractivity contribution in [1.82, 2.24) is 5.32 Å². The molecule has 23 heavy (non-hydrogen) atoms. The number of sulfone groups is 1. The summed E-state index contributed by atoms with van der Waals surface area (Å²) in [6.45, 7) is 1.42. The van der Waals surface area contributed by atoms with Gasteiger partial charge in [-0.1, -0.05) is 30.3 Å². The van der Waals surface area contributed by atoms with Crippen molar-refractivity contribution in [2.45, 2.75) is 25.3 Å². The van der Waals surface area contributed by atoms with Crippen LogP contribution >= 0.6 is 0 Å². The number of benzene rings is 2. The van der Waals surface area contributed by atoms with Crippen molar-refractivity contribution >= 4 is 20.6 Å². The first-order valence-corrected chi connectivity index (χ1v) is 10.00. The first-order valence-electron chi connectivity index (χ1n) is 8.18. The van der Waals surface area contributed by atoms with Crippen LogP contribution in [0.1, 0.15) is 19.3 Å². The van der Waals surface area contributed by atoms with Crippen LogP contribution in [-0.2, 0) is 9.84 Å². The van der Waals surface area contributed by atoms with Crippen molar-refractivity contribution in [3.8, 4) is 5.75 Å². The summed E-state index contributed by atoms with van der Waals surface area (Å²) < 4.78 is 28.9. The summed E-state index contributed by atoms with van der Waals surface area (Å²) in [5, 5.41) is 5.72. The van der Waals surface area contributed by atoms with E-state index in [0.29, 0.717) is 12.4 Å².